The number of methoxy groups -OCH3 is 1. The summed E-state index contributed by atoms with van der Waals surface area (Å²) in [5.41, 5.74) is 6.44. The highest BCUT2D eigenvalue weighted by Gasteiger charge is 2.08. The Balaban J connectivity index is 2.76. The molecule has 1 rings (SSSR count). The molecule has 0 amide bonds. The average Bonchev–Trinajstić information content (AvgIpc) is 2.25. The van der Waals surface area contributed by atoms with Crippen LogP contribution in [0.4, 0.5) is 0 Å². The number of halogens is 1. The Bertz CT molecular complexity index is 357. The van der Waals surface area contributed by atoms with E-state index < -0.39 is 0 Å². The van der Waals surface area contributed by atoms with Crippen molar-refractivity contribution >= 4 is 29.3 Å². The molecule has 5 heteroatoms. The third-order valence-electron chi connectivity index (χ3n) is 1.85. The lowest BCUT2D eigenvalue weighted by Crippen LogP contribution is -2.05. The fraction of sp³-hybridized carbons (Fsp3) is 0.300. The molecule has 0 unspecified atom stereocenters. The van der Waals surface area contributed by atoms with Crippen molar-refractivity contribution < 1.29 is 9.53 Å². The summed E-state index contributed by atoms with van der Waals surface area (Å²) in [6, 6.07) is 5.51. The van der Waals surface area contributed by atoms with Crippen molar-refractivity contribution in [3.63, 3.8) is 0 Å². The lowest BCUT2D eigenvalue weighted by atomic mass is 10.2. The van der Waals surface area contributed by atoms with Gasteiger partial charge in [-0.1, -0.05) is 17.7 Å². The zero-order valence-electron chi connectivity index (χ0n) is 8.33. The number of rotatable bonds is 4. The topological polar surface area (TPSA) is 52.3 Å². The fourth-order valence-electron chi connectivity index (χ4n) is 1.07. The molecule has 82 valence electrons. The molecule has 3 nitrogen and oxygen atoms in total. The smallest absolute Gasteiger partial charge is 0.315 e. The first-order valence-corrected chi connectivity index (χ1v) is 5.72. The van der Waals surface area contributed by atoms with Crippen molar-refractivity contribution in [3.05, 3.63) is 28.8 Å². The highest BCUT2D eigenvalue weighted by Crippen LogP contribution is 2.28. The largest absolute Gasteiger partial charge is 0.468 e. The molecule has 0 bridgehead atoms. The number of carbonyl (C=O) groups is 1. The molecular formula is C10H12ClNO2S. The third kappa shape index (κ3) is 3.41. The van der Waals surface area contributed by atoms with Crippen LogP contribution in [0.5, 0.6) is 0 Å². The predicted molar refractivity (Wildman–Crippen MR) is 62.1 cm³/mol. The van der Waals surface area contributed by atoms with Gasteiger partial charge in [-0.25, -0.2) is 0 Å². The van der Waals surface area contributed by atoms with Crippen LogP contribution >= 0.6 is 23.4 Å². The number of ether oxygens (including phenoxy) is 1. The lowest BCUT2D eigenvalue weighted by molar-refractivity contribution is -0.137. The van der Waals surface area contributed by atoms with Crippen molar-refractivity contribution in [2.45, 2.75) is 11.4 Å². The summed E-state index contributed by atoms with van der Waals surface area (Å²) in [6.45, 7) is 0.364. The minimum absolute atomic E-state index is 0.261. The molecule has 0 aromatic heterocycles. The van der Waals surface area contributed by atoms with Gasteiger partial charge >= 0.3 is 5.97 Å². The molecule has 15 heavy (non-hydrogen) atoms. The van der Waals surface area contributed by atoms with E-state index in [0.29, 0.717) is 11.6 Å². The van der Waals surface area contributed by atoms with Crippen LogP contribution < -0.4 is 5.73 Å². The maximum absolute atomic E-state index is 11.0. The number of benzene rings is 1. The third-order valence-corrected chi connectivity index (χ3v) is 3.28. The Labute approximate surface area is 97.9 Å². The second-order valence-electron chi connectivity index (χ2n) is 2.79. The Hall–Kier alpha value is -0.710. The molecule has 1 aromatic carbocycles. The van der Waals surface area contributed by atoms with Gasteiger partial charge in [-0.2, -0.15) is 0 Å². The van der Waals surface area contributed by atoms with Gasteiger partial charge in [0.1, 0.15) is 0 Å². The molecule has 0 fully saturated rings. The van der Waals surface area contributed by atoms with Gasteiger partial charge in [-0.05, 0) is 17.7 Å². The monoisotopic (exact) mass is 245 g/mol. The summed E-state index contributed by atoms with van der Waals surface area (Å²) >= 11 is 7.35. The van der Waals surface area contributed by atoms with Crippen LogP contribution in [-0.4, -0.2) is 18.8 Å². The maximum Gasteiger partial charge on any atom is 0.315 e. The van der Waals surface area contributed by atoms with Crippen molar-refractivity contribution in [2.75, 3.05) is 12.9 Å². The molecular weight excluding hydrogens is 234 g/mol. The maximum atomic E-state index is 11.0. The first-order valence-electron chi connectivity index (χ1n) is 4.36. The van der Waals surface area contributed by atoms with Crippen molar-refractivity contribution in [1.82, 2.24) is 0 Å². The molecule has 2 N–H and O–H groups in total. The fourth-order valence-corrected chi connectivity index (χ4v) is 2.31. The standard InChI is InChI=1S/C10H12ClNO2S/c1-14-10(13)6-15-9-4-2-3-8(11)7(9)5-12/h2-4H,5-6,12H2,1H3. The van der Waals surface area contributed by atoms with Crippen LogP contribution in [0.3, 0.4) is 0 Å². The van der Waals surface area contributed by atoms with Gasteiger partial charge < -0.3 is 10.5 Å². The lowest BCUT2D eigenvalue weighted by Gasteiger charge is -2.08. The van der Waals surface area contributed by atoms with E-state index in [1.54, 1.807) is 6.07 Å². The number of hydrogen-bond acceptors (Lipinski definition) is 4. The molecule has 0 radical (unpaired) electrons. The molecule has 0 aliphatic heterocycles. The zero-order chi connectivity index (χ0) is 11.3. The summed E-state index contributed by atoms with van der Waals surface area (Å²) in [7, 11) is 1.37. The van der Waals surface area contributed by atoms with Crippen molar-refractivity contribution in [2.24, 2.45) is 5.73 Å². The van der Waals surface area contributed by atoms with E-state index in [-0.39, 0.29) is 11.7 Å². The van der Waals surface area contributed by atoms with E-state index >= 15 is 0 Å². The van der Waals surface area contributed by atoms with Gasteiger partial charge in [0.25, 0.3) is 0 Å². The Morgan fingerprint density at radius 2 is 2.33 bits per heavy atom. The van der Waals surface area contributed by atoms with Gasteiger partial charge in [0.15, 0.2) is 0 Å². The molecule has 0 spiro atoms. The summed E-state index contributed by atoms with van der Waals surface area (Å²) in [5.74, 6) is 0.00654. The summed E-state index contributed by atoms with van der Waals surface area (Å²) in [4.78, 5) is 11.9. The highest BCUT2D eigenvalue weighted by molar-refractivity contribution is 8.00. The second-order valence-corrected chi connectivity index (χ2v) is 4.21. The summed E-state index contributed by atoms with van der Waals surface area (Å²) in [6.07, 6.45) is 0. The number of thioether (sulfide) groups is 1. The van der Waals surface area contributed by atoms with Crippen LogP contribution in [0.2, 0.25) is 5.02 Å². The van der Waals surface area contributed by atoms with E-state index in [0.717, 1.165) is 10.5 Å². The Morgan fingerprint density at radius 1 is 1.60 bits per heavy atom. The van der Waals surface area contributed by atoms with Crippen molar-refractivity contribution in [3.8, 4) is 0 Å². The predicted octanol–water partition coefficient (Wildman–Crippen LogP) is 2.06. The summed E-state index contributed by atoms with van der Waals surface area (Å²) in [5, 5.41) is 0.632. The van der Waals surface area contributed by atoms with Crippen LogP contribution in [0.1, 0.15) is 5.56 Å². The van der Waals surface area contributed by atoms with Gasteiger partial charge in [-0.15, -0.1) is 11.8 Å². The van der Waals surface area contributed by atoms with Crippen molar-refractivity contribution in [1.29, 1.82) is 0 Å². The normalized spacial score (nSPS) is 10.1. The second kappa shape index (κ2) is 6.00. The minimum Gasteiger partial charge on any atom is -0.468 e. The first-order chi connectivity index (χ1) is 7.19. The van der Waals surface area contributed by atoms with Crippen LogP contribution in [-0.2, 0) is 16.1 Å². The highest BCUT2D eigenvalue weighted by atomic mass is 35.5. The Morgan fingerprint density at radius 3 is 2.93 bits per heavy atom. The molecule has 0 saturated heterocycles. The van der Waals surface area contributed by atoms with Gasteiger partial charge in [0.2, 0.25) is 0 Å². The van der Waals surface area contributed by atoms with E-state index in [2.05, 4.69) is 4.74 Å². The van der Waals surface area contributed by atoms with E-state index in [1.807, 2.05) is 12.1 Å². The molecule has 1 aromatic rings. The quantitative estimate of drug-likeness (QED) is 0.652. The molecule has 0 aliphatic carbocycles. The zero-order valence-corrected chi connectivity index (χ0v) is 9.90. The van der Waals surface area contributed by atoms with E-state index in [9.17, 15) is 4.79 Å². The Kier molecular flexibility index (Phi) is 4.94. The van der Waals surface area contributed by atoms with Gasteiger partial charge in [-0.3, -0.25) is 4.79 Å². The number of hydrogen-bond donors (Lipinski definition) is 1. The molecule has 0 aliphatic rings. The summed E-state index contributed by atoms with van der Waals surface area (Å²) < 4.78 is 4.55. The van der Waals surface area contributed by atoms with Crippen LogP contribution in [0.25, 0.3) is 0 Å². The minimum atomic E-state index is -0.261. The number of carbonyl (C=O) groups excluding carboxylic acids is 1. The molecule has 0 heterocycles. The number of esters is 1. The van der Waals surface area contributed by atoms with E-state index in [1.165, 1.54) is 18.9 Å². The molecule has 0 atom stereocenters. The number of nitrogens with two attached hydrogens (primary N) is 1. The van der Waals surface area contributed by atoms with Crippen LogP contribution in [0, 0.1) is 0 Å². The van der Waals surface area contributed by atoms with Gasteiger partial charge in [0.05, 0.1) is 12.9 Å². The average molecular weight is 246 g/mol. The van der Waals surface area contributed by atoms with E-state index in [4.69, 9.17) is 17.3 Å². The van der Waals surface area contributed by atoms with Gasteiger partial charge in [0, 0.05) is 16.5 Å². The SMILES string of the molecule is COC(=O)CSc1cccc(Cl)c1CN. The van der Waals surface area contributed by atoms with Crippen LogP contribution in [0.15, 0.2) is 23.1 Å². The molecule has 0 saturated carbocycles. The first kappa shape index (κ1) is 12.4.